The van der Waals surface area contributed by atoms with E-state index in [0.29, 0.717) is 6.04 Å². The first-order valence-corrected chi connectivity index (χ1v) is 6.07. The lowest BCUT2D eigenvalue weighted by atomic mass is 10.0. The first kappa shape index (κ1) is 12.0. The fraction of sp³-hybridized carbons (Fsp3) is 1.00. The van der Waals surface area contributed by atoms with Crippen LogP contribution in [0.15, 0.2) is 0 Å². The molecular weight excluding hydrogens is 172 g/mol. The second-order valence-electron chi connectivity index (χ2n) is 4.81. The van der Waals surface area contributed by atoms with Crippen molar-refractivity contribution in [2.75, 3.05) is 26.7 Å². The van der Waals surface area contributed by atoms with Crippen molar-refractivity contribution in [1.29, 1.82) is 0 Å². The van der Waals surface area contributed by atoms with E-state index in [1.165, 1.54) is 25.9 Å². The van der Waals surface area contributed by atoms with Crippen LogP contribution in [0.4, 0.5) is 0 Å². The molecule has 1 aliphatic rings. The van der Waals surface area contributed by atoms with E-state index < -0.39 is 0 Å². The van der Waals surface area contributed by atoms with Crippen molar-refractivity contribution >= 4 is 0 Å². The molecule has 0 spiro atoms. The van der Waals surface area contributed by atoms with Crippen molar-refractivity contribution in [2.24, 2.45) is 11.8 Å². The van der Waals surface area contributed by atoms with Gasteiger partial charge in [0, 0.05) is 12.6 Å². The van der Waals surface area contributed by atoms with Gasteiger partial charge in [0.1, 0.15) is 0 Å². The smallest absolute Gasteiger partial charge is 0.0105 e. The molecule has 0 saturated heterocycles. The van der Waals surface area contributed by atoms with Crippen LogP contribution in [-0.2, 0) is 0 Å². The van der Waals surface area contributed by atoms with E-state index in [-0.39, 0.29) is 0 Å². The van der Waals surface area contributed by atoms with Gasteiger partial charge in [-0.15, -0.1) is 0 Å². The average molecular weight is 198 g/mol. The van der Waals surface area contributed by atoms with E-state index in [1.54, 1.807) is 0 Å². The van der Waals surface area contributed by atoms with E-state index in [4.69, 9.17) is 0 Å². The number of hydrogen-bond donors (Lipinski definition) is 1. The van der Waals surface area contributed by atoms with Crippen LogP contribution in [0.1, 0.15) is 33.6 Å². The fourth-order valence-electron chi connectivity index (χ4n) is 2.07. The van der Waals surface area contributed by atoms with Gasteiger partial charge in [0.05, 0.1) is 0 Å². The van der Waals surface area contributed by atoms with Crippen LogP contribution in [0, 0.1) is 11.8 Å². The maximum Gasteiger partial charge on any atom is 0.0105 e. The fourth-order valence-corrected chi connectivity index (χ4v) is 2.07. The van der Waals surface area contributed by atoms with Crippen molar-refractivity contribution in [3.63, 3.8) is 0 Å². The SMILES string of the molecule is CCN(CC1CC1)C(C)C(C)CNC. The van der Waals surface area contributed by atoms with Gasteiger partial charge in [-0.3, -0.25) is 0 Å². The highest BCUT2D eigenvalue weighted by Crippen LogP contribution is 2.30. The Kier molecular flexibility index (Phi) is 4.90. The summed E-state index contributed by atoms with van der Waals surface area (Å²) in [6, 6.07) is 0.716. The van der Waals surface area contributed by atoms with Gasteiger partial charge in [0.2, 0.25) is 0 Å². The Balaban J connectivity index is 2.32. The van der Waals surface area contributed by atoms with E-state index in [2.05, 4.69) is 31.0 Å². The van der Waals surface area contributed by atoms with Gasteiger partial charge < -0.3 is 10.2 Å². The van der Waals surface area contributed by atoms with Crippen LogP contribution in [-0.4, -0.2) is 37.6 Å². The van der Waals surface area contributed by atoms with Gasteiger partial charge in [-0.05, 0) is 51.7 Å². The van der Waals surface area contributed by atoms with E-state index in [9.17, 15) is 0 Å². The molecule has 0 amide bonds. The number of rotatable bonds is 7. The molecule has 0 aromatic heterocycles. The predicted octanol–water partition coefficient (Wildman–Crippen LogP) is 1.96. The molecule has 0 radical (unpaired) electrons. The van der Waals surface area contributed by atoms with Gasteiger partial charge >= 0.3 is 0 Å². The standard InChI is InChI=1S/C12H26N2/c1-5-14(9-12-6-7-12)11(3)10(2)8-13-4/h10-13H,5-9H2,1-4H3. The van der Waals surface area contributed by atoms with Crippen LogP contribution >= 0.6 is 0 Å². The zero-order valence-electron chi connectivity index (χ0n) is 10.2. The third-order valence-corrected chi connectivity index (χ3v) is 3.52. The van der Waals surface area contributed by atoms with Crippen molar-refractivity contribution in [1.82, 2.24) is 10.2 Å². The van der Waals surface area contributed by atoms with E-state index in [0.717, 1.165) is 18.4 Å². The number of nitrogens with one attached hydrogen (secondary N) is 1. The molecule has 1 aliphatic carbocycles. The maximum atomic E-state index is 3.27. The van der Waals surface area contributed by atoms with Crippen molar-refractivity contribution in [2.45, 2.75) is 39.7 Å². The molecule has 84 valence electrons. The molecule has 0 bridgehead atoms. The minimum Gasteiger partial charge on any atom is -0.319 e. The molecule has 0 aliphatic heterocycles. The second kappa shape index (κ2) is 5.72. The third-order valence-electron chi connectivity index (χ3n) is 3.52. The molecule has 2 nitrogen and oxygen atoms in total. The number of nitrogens with zero attached hydrogens (tertiary/aromatic N) is 1. The lowest BCUT2D eigenvalue weighted by Crippen LogP contribution is -2.41. The Morgan fingerprint density at radius 1 is 1.36 bits per heavy atom. The molecular formula is C12H26N2. The maximum absolute atomic E-state index is 3.27. The van der Waals surface area contributed by atoms with Crippen molar-refractivity contribution < 1.29 is 0 Å². The highest BCUT2D eigenvalue weighted by atomic mass is 15.2. The predicted molar refractivity (Wildman–Crippen MR) is 62.5 cm³/mol. The van der Waals surface area contributed by atoms with Crippen LogP contribution < -0.4 is 5.32 Å². The molecule has 2 unspecified atom stereocenters. The molecule has 2 atom stereocenters. The molecule has 1 rings (SSSR count). The quantitative estimate of drug-likeness (QED) is 0.673. The summed E-state index contributed by atoms with van der Waals surface area (Å²) in [6.45, 7) is 10.6. The Hall–Kier alpha value is -0.0800. The highest BCUT2D eigenvalue weighted by Gasteiger charge is 2.27. The van der Waals surface area contributed by atoms with Gasteiger partial charge in [-0.1, -0.05) is 13.8 Å². The summed E-state index contributed by atoms with van der Waals surface area (Å²) in [5.74, 6) is 1.76. The molecule has 1 fully saturated rings. The van der Waals surface area contributed by atoms with Crippen molar-refractivity contribution in [3.8, 4) is 0 Å². The Bertz CT molecular complexity index is 154. The lowest BCUT2D eigenvalue weighted by Gasteiger charge is -2.32. The van der Waals surface area contributed by atoms with E-state index in [1.807, 2.05) is 7.05 Å². The molecule has 1 saturated carbocycles. The molecule has 0 aromatic carbocycles. The van der Waals surface area contributed by atoms with Crippen LogP contribution in [0.5, 0.6) is 0 Å². The monoisotopic (exact) mass is 198 g/mol. The summed E-state index contributed by atoms with van der Waals surface area (Å²) >= 11 is 0. The molecule has 2 heteroatoms. The summed E-state index contributed by atoms with van der Waals surface area (Å²) in [4.78, 5) is 2.64. The Morgan fingerprint density at radius 3 is 2.43 bits per heavy atom. The van der Waals surface area contributed by atoms with Crippen molar-refractivity contribution in [3.05, 3.63) is 0 Å². The van der Waals surface area contributed by atoms with E-state index >= 15 is 0 Å². The minimum atomic E-state index is 0.716. The minimum absolute atomic E-state index is 0.716. The largest absolute Gasteiger partial charge is 0.319 e. The van der Waals surface area contributed by atoms with Gasteiger partial charge in [-0.2, -0.15) is 0 Å². The number of hydrogen-bond acceptors (Lipinski definition) is 2. The topological polar surface area (TPSA) is 15.3 Å². The molecule has 0 aromatic rings. The summed E-state index contributed by atoms with van der Waals surface area (Å²) in [6.07, 6.45) is 2.92. The van der Waals surface area contributed by atoms with Gasteiger partial charge in [0.25, 0.3) is 0 Å². The first-order chi connectivity index (χ1) is 6.69. The summed E-state index contributed by atoms with van der Waals surface area (Å²) in [5, 5.41) is 3.27. The lowest BCUT2D eigenvalue weighted by molar-refractivity contribution is 0.162. The van der Waals surface area contributed by atoms with Crippen LogP contribution in [0.3, 0.4) is 0 Å². The average Bonchev–Trinajstić information content (AvgIpc) is 2.97. The zero-order chi connectivity index (χ0) is 10.6. The van der Waals surface area contributed by atoms with Gasteiger partial charge in [0.15, 0.2) is 0 Å². The summed E-state index contributed by atoms with van der Waals surface area (Å²) in [7, 11) is 2.04. The second-order valence-corrected chi connectivity index (χ2v) is 4.81. The van der Waals surface area contributed by atoms with Crippen LogP contribution in [0.2, 0.25) is 0 Å². The van der Waals surface area contributed by atoms with Gasteiger partial charge in [-0.25, -0.2) is 0 Å². The molecule has 0 heterocycles. The third kappa shape index (κ3) is 3.58. The highest BCUT2D eigenvalue weighted by molar-refractivity contribution is 4.81. The molecule has 1 N–H and O–H groups in total. The normalized spacial score (nSPS) is 21.2. The Morgan fingerprint density at radius 2 is 2.00 bits per heavy atom. The molecule has 14 heavy (non-hydrogen) atoms. The summed E-state index contributed by atoms with van der Waals surface area (Å²) in [5.41, 5.74) is 0. The summed E-state index contributed by atoms with van der Waals surface area (Å²) < 4.78 is 0. The zero-order valence-corrected chi connectivity index (χ0v) is 10.2. The van der Waals surface area contributed by atoms with Crippen LogP contribution in [0.25, 0.3) is 0 Å². The Labute approximate surface area is 89.1 Å². The first-order valence-electron chi connectivity index (χ1n) is 6.07.